The molecule has 1 atom stereocenters. The van der Waals surface area contributed by atoms with E-state index in [0.29, 0.717) is 14.9 Å². The van der Waals surface area contributed by atoms with Gasteiger partial charge in [0.2, 0.25) is 0 Å². The van der Waals surface area contributed by atoms with Gasteiger partial charge in [-0.25, -0.2) is 9.59 Å². The number of carbonyl (C=O) groups is 4. The Labute approximate surface area is 173 Å². The van der Waals surface area contributed by atoms with Gasteiger partial charge in [-0.15, -0.1) is 0 Å². The van der Waals surface area contributed by atoms with E-state index in [1.54, 1.807) is 24.3 Å². The van der Waals surface area contributed by atoms with Gasteiger partial charge in [0, 0.05) is 0 Å². The second kappa shape index (κ2) is 9.22. The first-order valence-corrected chi connectivity index (χ1v) is 9.52. The summed E-state index contributed by atoms with van der Waals surface area (Å²) in [6.07, 6.45) is 1.56. The number of rotatable bonds is 6. The van der Waals surface area contributed by atoms with Crippen molar-refractivity contribution in [3.05, 3.63) is 32.2 Å². The molecule has 0 aliphatic carbocycles. The number of ether oxygens (including phenoxy) is 3. The number of benzene rings is 1. The third-order valence-electron chi connectivity index (χ3n) is 3.58. The largest absolute Gasteiger partial charge is 0.481 e. The average Bonchev–Trinajstić information content (AvgIpc) is 2.92. The van der Waals surface area contributed by atoms with E-state index in [1.807, 2.05) is 22.6 Å². The van der Waals surface area contributed by atoms with Crippen molar-refractivity contribution in [2.45, 2.75) is 13.0 Å². The lowest BCUT2D eigenvalue weighted by molar-refractivity contribution is -0.148. The molecule has 27 heavy (non-hydrogen) atoms. The third-order valence-corrected chi connectivity index (χ3v) is 5.31. The zero-order chi connectivity index (χ0) is 20.1. The molecule has 0 bridgehead atoms. The molecule has 2 amide bonds. The minimum atomic E-state index is -0.998. The smallest absolute Gasteiger partial charge is 0.343 e. The lowest BCUT2D eigenvalue weighted by atomic mass is 10.2. The minimum absolute atomic E-state index is 0.204. The predicted octanol–water partition coefficient (Wildman–Crippen LogP) is 2.44. The van der Waals surface area contributed by atoms with E-state index >= 15 is 0 Å². The topological polar surface area (TPSA) is 99.2 Å². The number of hydrogen-bond donors (Lipinski definition) is 0. The van der Waals surface area contributed by atoms with Gasteiger partial charge in [-0.3, -0.25) is 14.5 Å². The summed E-state index contributed by atoms with van der Waals surface area (Å²) in [5.41, 5.74) is 0.668. The number of imide groups is 1. The number of hydrogen-bond acceptors (Lipinski definition) is 8. The first-order chi connectivity index (χ1) is 12.8. The summed E-state index contributed by atoms with van der Waals surface area (Å²) < 4.78 is 15.2. The van der Waals surface area contributed by atoms with Crippen molar-refractivity contribution < 1.29 is 33.4 Å². The van der Waals surface area contributed by atoms with E-state index in [0.717, 1.165) is 16.7 Å². The zero-order valence-electron chi connectivity index (χ0n) is 14.7. The molecule has 0 saturated carbocycles. The molecular formula is C17H16INO7S. The van der Waals surface area contributed by atoms with Gasteiger partial charge in [0.15, 0.2) is 6.61 Å². The molecule has 10 heteroatoms. The first-order valence-electron chi connectivity index (χ1n) is 7.62. The number of amides is 2. The molecule has 1 aromatic rings. The highest BCUT2D eigenvalue weighted by molar-refractivity contribution is 14.1. The van der Waals surface area contributed by atoms with Gasteiger partial charge in [0.25, 0.3) is 11.1 Å². The summed E-state index contributed by atoms with van der Waals surface area (Å²) in [6.45, 7) is 1.22. The highest BCUT2D eigenvalue weighted by atomic mass is 127. The first kappa shape index (κ1) is 21.2. The maximum absolute atomic E-state index is 12.5. The SMILES string of the molecule is COC(=O)COc1ccc(/C=C2/SC(=O)N([C@@H](C)C(=O)OC)C2=O)cc1I. The molecule has 8 nitrogen and oxygen atoms in total. The summed E-state index contributed by atoms with van der Waals surface area (Å²) in [5, 5.41) is -0.531. The molecule has 0 aromatic heterocycles. The molecule has 0 spiro atoms. The third kappa shape index (κ3) is 5.01. The standard InChI is InChI=1S/C17H16INO7S/c1-9(16(22)25-3)19-15(21)13(27-17(19)23)7-10-4-5-12(11(18)6-10)26-8-14(20)24-2/h4-7,9H,8H2,1-3H3/b13-7+/t9-/m0/s1. The molecular weight excluding hydrogens is 489 g/mol. The summed E-state index contributed by atoms with van der Waals surface area (Å²) in [7, 11) is 2.47. The molecule has 1 heterocycles. The van der Waals surface area contributed by atoms with Crippen molar-refractivity contribution in [3.63, 3.8) is 0 Å². The fourth-order valence-corrected chi connectivity index (χ4v) is 3.76. The van der Waals surface area contributed by atoms with Crippen molar-refractivity contribution in [3.8, 4) is 5.75 Å². The average molecular weight is 505 g/mol. The van der Waals surface area contributed by atoms with Crippen LogP contribution in [0.2, 0.25) is 0 Å². The van der Waals surface area contributed by atoms with Crippen LogP contribution < -0.4 is 4.74 Å². The van der Waals surface area contributed by atoms with Gasteiger partial charge in [0.1, 0.15) is 11.8 Å². The molecule has 1 aromatic carbocycles. The number of thioether (sulfide) groups is 1. The van der Waals surface area contributed by atoms with E-state index in [9.17, 15) is 19.2 Å². The van der Waals surface area contributed by atoms with Crippen LogP contribution in [0.4, 0.5) is 4.79 Å². The summed E-state index contributed by atoms with van der Waals surface area (Å²) in [4.78, 5) is 48.4. The van der Waals surface area contributed by atoms with Crippen molar-refractivity contribution in [1.29, 1.82) is 0 Å². The van der Waals surface area contributed by atoms with Gasteiger partial charge in [-0.1, -0.05) is 6.07 Å². The van der Waals surface area contributed by atoms with E-state index in [2.05, 4.69) is 9.47 Å². The zero-order valence-corrected chi connectivity index (χ0v) is 17.7. The van der Waals surface area contributed by atoms with Gasteiger partial charge in [-0.05, 0) is 65.0 Å². The molecule has 0 radical (unpaired) electrons. The van der Waals surface area contributed by atoms with Crippen LogP contribution in [0.5, 0.6) is 5.75 Å². The molecule has 1 aliphatic rings. The normalized spacial score (nSPS) is 16.4. The van der Waals surface area contributed by atoms with Gasteiger partial charge < -0.3 is 14.2 Å². The number of nitrogens with zero attached hydrogens (tertiary/aromatic N) is 1. The van der Waals surface area contributed by atoms with E-state index in [1.165, 1.54) is 21.1 Å². The molecule has 1 saturated heterocycles. The van der Waals surface area contributed by atoms with Gasteiger partial charge in [-0.2, -0.15) is 0 Å². The Kier molecular flexibility index (Phi) is 7.25. The highest BCUT2D eigenvalue weighted by Gasteiger charge is 2.41. The predicted molar refractivity (Wildman–Crippen MR) is 106 cm³/mol. The summed E-state index contributed by atoms with van der Waals surface area (Å²) >= 11 is 2.79. The summed E-state index contributed by atoms with van der Waals surface area (Å²) in [6, 6.07) is 4.08. The Morgan fingerprint density at radius 1 is 1.26 bits per heavy atom. The van der Waals surface area contributed by atoms with E-state index in [4.69, 9.17) is 4.74 Å². The molecule has 0 N–H and O–H groups in total. The maximum Gasteiger partial charge on any atom is 0.343 e. The monoisotopic (exact) mass is 505 g/mol. The Morgan fingerprint density at radius 3 is 2.56 bits per heavy atom. The Bertz CT molecular complexity index is 823. The quantitative estimate of drug-likeness (QED) is 0.331. The Balaban J connectivity index is 2.18. The van der Waals surface area contributed by atoms with Crippen LogP contribution in [0.1, 0.15) is 12.5 Å². The van der Waals surface area contributed by atoms with Crippen LogP contribution in [0.3, 0.4) is 0 Å². The van der Waals surface area contributed by atoms with E-state index < -0.39 is 29.1 Å². The minimum Gasteiger partial charge on any atom is -0.481 e. The van der Waals surface area contributed by atoms with Crippen LogP contribution in [-0.4, -0.2) is 54.9 Å². The van der Waals surface area contributed by atoms with Crippen LogP contribution in [-0.2, 0) is 23.9 Å². The van der Waals surface area contributed by atoms with Crippen LogP contribution in [0.25, 0.3) is 6.08 Å². The second-order valence-electron chi connectivity index (χ2n) is 5.31. The highest BCUT2D eigenvalue weighted by Crippen LogP contribution is 2.34. The molecule has 1 aliphatic heterocycles. The lowest BCUT2D eigenvalue weighted by Gasteiger charge is -2.18. The Hall–Kier alpha value is -2.08. The second-order valence-corrected chi connectivity index (χ2v) is 7.46. The van der Waals surface area contributed by atoms with Crippen LogP contribution in [0.15, 0.2) is 23.1 Å². The van der Waals surface area contributed by atoms with Gasteiger partial charge >= 0.3 is 11.9 Å². The molecule has 144 valence electrons. The molecule has 2 rings (SSSR count). The van der Waals surface area contributed by atoms with Gasteiger partial charge in [0.05, 0.1) is 22.7 Å². The molecule has 0 unspecified atom stereocenters. The number of halogens is 1. The van der Waals surface area contributed by atoms with Crippen molar-refractivity contribution in [2.75, 3.05) is 20.8 Å². The number of carbonyl (C=O) groups excluding carboxylic acids is 4. The number of methoxy groups -OCH3 is 2. The number of esters is 2. The lowest BCUT2D eigenvalue weighted by Crippen LogP contribution is -2.42. The van der Waals surface area contributed by atoms with Crippen molar-refractivity contribution in [1.82, 2.24) is 4.90 Å². The summed E-state index contributed by atoms with van der Waals surface area (Å²) in [5.74, 6) is -1.22. The maximum atomic E-state index is 12.5. The Morgan fingerprint density at radius 2 is 1.96 bits per heavy atom. The fraction of sp³-hybridized carbons (Fsp3) is 0.294. The fourth-order valence-electron chi connectivity index (χ4n) is 2.16. The molecule has 1 fully saturated rings. The van der Waals surface area contributed by atoms with E-state index in [-0.39, 0.29) is 11.5 Å². The van der Waals surface area contributed by atoms with Crippen molar-refractivity contribution in [2.24, 2.45) is 0 Å². The van der Waals surface area contributed by atoms with Crippen molar-refractivity contribution >= 4 is 63.5 Å². The van der Waals surface area contributed by atoms with Crippen LogP contribution in [0, 0.1) is 3.57 Å². The van der Waals surface area contributed by atoms with Crippen LogP contribution >= 0.6 is 34.4 Å².